The van der Waals surface area contributed by atoms with Gasteiger partial charge in [0, 0.05) is 12.6 Å². The average Bonchev–Trinajstić information content (AvgIpc) is 2.97. The van der Waals surface area contributed by atoms with E-state index >= 15 is 0 Å². The standard InChI is InChI=1S/C21H29N3O6/c1-13(18(26)23-21(29)22-14-7-3-2-4-8-14)30-17(25)11-12-24-19(27)15-9-5-6-10-16(15)20(24)28/h5-6,13-16H,2-4,7-12H2,1H3,(H2,22,23,26,29). The lowest BCUT2D eigenvalue weighted by Gasteiger charge is -2.23. The van der Waals surface area contributed by atoms with Gasteiger partial charge in [-0.15, -0.1) is 0 Å². The predicted octanol–water partition coefficient (Wildman–Crippen LogP) is 1.42. The Morgan fingerprint density at radius 2 is 1.67 bits per heavy atom. The van der Waals surface area contributed by atoms with Crippen LogP contribution in [0, 0.1) is 11.8 Å². The molecule has 0 aromatic carbocycles. The molecule has 164 valence electrons. The molecule has 0 aromatic heterocycles. The molecule has 0 bridgehead atoms. The van der Waals surface area contributed by atoms with Crippen molar-refractivity contribution in [1.82, 2.24) is 15.5 Å². The van der Waals surface area contributed by atoms with Crippen LogP contribution in [0.25, 0.3) is 0 Å². The minimum absolute atomic E-state index is 0.0545. The molecule has 2 N–H and O–H groups in total. The van der Waals surface area contributed by atoms with Gasteiger partial charge in [-0.3, -0.25) is 29.4 Å². The van der Waals surface area contributed by atoms with E-state index in [1.807, 2.05) is 12.2 Å². The summed E-state index contributed by atoms with van der Waals surface area (Å²) in [6.07, 6.45) is 8.53. The van der Waals surface area contributed by atoms with E-state index in [0.717, 1.165) is 37.0 Å². The first-order valence-corrected chi connectivity index (χ1v) is 10.7. The molecule has 30 heavy (non-hydrogen) atoms. The fourth-order valence-electron chi connectivity index (χ4n) is 4.28. The maximum Gasteiger partial charge on any atom is 0.321 e. The number of likely N-dealkylation sites (tertiary alicyclic amines) is 1. The van der Waals surface area contributed by atoms with Crippen molar-refractivity contribution in [3.63, 3.8) is 0 Å². The number of rotatable bonds is 6. The van der Waals surface area contributed by atoms with Gasteiger partial charge in [0.1, 0.15) is 0 Å². The average molecular weight is 419 g/mol. The molecule has 9 nitrogen and oxygen atoms in total. The van der Waals surface area contributed by atoms with E-state index in [1.165, 1.54) is 6.92 Å². The van der Waals surface area contributed by atoms with Gasteiger partial charge in [0.25, 0.3) is 5.91 Å². The van der Waals surface area contributed by atoms with Gasteiger partial charge < -0.3 is 10.1 Å². The van der Waals surface area contributed by atoms with Crippen molar-refractivity contribution in [3.8, 4) is 0 Å². The number of imide groups is 2. The van der Waals surface area contributed by atoms with Gasteiger partial charge in [0.05, 0.1) is 18.3 Å². The molecular formula is C21H29N3O6. The molecule has 1 saturated heterocycles. The van der Waals surface area contributed by atoms with Gasteiger partial charge in [-0.05, 0) is 32.6 Å². The van der Waals surface area contributed by atoms with Crippen LogP contribution in [0.1, 0.15) is 58.3 Å². The Bertz CT molecular complexity index is 717. The van der Waals surface area contributed by atoms with Crippen LogP contribution in [0.15, 0.2) is 12.2 Å². The lowest BCUT2D eigenvalue weighted by Crippen LogP contribution is -2.48. The zero-order chi connectivity index (χ0) is 21.7. The Morgan fingerprint density at radius 1 is 1.07 bits per heavy atom. The maximum atomic E-state index is 12.4. The molecular weight excluding hydrogens is 390 g/mol. The van der Waals surface area contributed by atoms with E-state index in [1.54, 1.807) is 0 Å². The van der Waals surface area contributed by atoms with Gasteiger partial charge in [0.15, 0.2) is 6.10 Å². The molecule has 2 fully saturated rings. The third-order valence-electron chi connectivity index (χ3n) is 5.99. The van der Waals surface area contributed by atoms with Gasteiger partial charge in [0.2, 0.25) is 11.8 Å². The highest BCUT2D eigenvalue weighted by Gasteiger charge is 2.47. The van der Waals surface area contributed by atoms with Crippen LogP contribution >= 0.6 is 0 Å². The van der Waals surface area contributed by atoms with E-state index < -0.39 is 24.0 Å². The second-order valence-corrected chi connectivity index (χ2v) is 8.16. The predicted molar refractivity (Wildman–Crippen MR) is 106 cm³/mol. The Kier molecular flexibility index (Phi) is 7.23. The highest BCUT2D eigenvalue weighted by molar-refractivity contribution is 6.05. The Labute approximate surface area is 175 Å². The quantitative estimate of drug-likeness (QED) is 0.381. The number of hydrogen-bond acceptors (Lipinski definition) is 6. The number of carbonyl (C=O) groups excluding carboxylic acids is 5. The lowest BCUT2D eigenvalue weighted by molar-refractivity contribution is -0.155. The van der Waals surface area contributed by atoms with Crippen molar-refractivity contribution < 1.29 is 28.7 Å². The minimum atomic E-state index is -1.16. The number of nitrogens with one attached hydrogen (secondary N) is 2. The van der Waals surface area contributed by atoms with E-state index in [-0.39, 0.29) is 42.7 Å². The zero-order valence-electron chi connectivity index (χ0n) is 17.2. The van der Waals surface area contributed by atoms with E-state index in [4.69, 9.17) is 4.74 Å². The van der Waals surface area contributed by atoms with Crippen LogP contribution in [-0.2, 0) is 23.9 Å². The first-order valence-electron chi connectivity index (χ1n) is 10.7. The number of ether oxygens (including phenoxy) is 1. The number of nitrogens with zero attached hydrogens (tertiary/aromatic N) is 1. The molecule has 3 unspecified atom stereocenters. The Hall–Kier alpha value is -2.71. The number of esters is 1. The smallest absolute Gasteiger partial charge is 0.321 e. The third kappa shape index (κ3) is 5.25. The largest absolute Gasteiger partial charge is 0.452 e. The highest BCUT2D eigenvalue weighted by atomic mass is 16.5. The zero-order valence-corrected chi connectivity index (χ0v) is 17.2. The van der Waals surface area contributed by atoms with E-state index in [2.05, 4.69) is 10.6 Å². The topological polar surface area (TPSA) is 122 Å². The SMILES string of the molecule is CC(OC(=O)CCN1C(=O)C2CC=CCC2C1=O)C(=O)NC(=O)NC1CCCCC1. The summed E-state index contributed by atoms with van der Waals surface area (Å²) in [5.41, 5.74) is 0. The van der Waals surface area contributed by atoms with Crippen molar-refractivity contribution in [2.45, 2.75) is 70.4 Å². The Balaban J connectivity index is 1.39. The van der Waals surface area contributed by atoms with E-state index in [9.17, 15) is 24.0 Å². The first kappa shape index (κ1) is 22.0. The first-order chi connectivity index (χ1) is 14.4. The van der Waals surface area contributed by atoms with Crippen LogP contribution in [0.2, 0.25) is 0 Å². The molecule has 0 spiro atoms. The van der Waals surface area contributed by atoms with Crippen molar-refractivity contribution in [2.75, 3.05) is 6.54 Å². The minimum Gasteiger partial charge on any atom is -0.452 e. The number of amides is 5. The molecule has 3 atom stereocenters. The molecule has 3 rings (SSSR count). The number of carbonyl (C=O) groups is 5. The van der Waals surface area contributed by atoms with Crippen LogP contribution in [-0.4, -0.2) is 53.3 Å². The Morgan fingerprint density at radius 3 is 2.27 bits per heavy atom. The molecule has 3 aliphatic rings. The second-order valence-electron chi connectivity index (χ2n) is 8.16. The van der Waals surface area contributed by atoms with Crippen LogP contribution < -0.4 is 10.6 Å². The van der Waals surface area contributed by atoms with Crippen molar-refractivity contribution >= 4 is 29.7 Å². The molecule has 2 aliphatic carbocycles. The highest BCUT2D eigenvalue weighted by Crippen LogP contribution is 2.35. The van der Waals surface area contributed by atoms with Crippen molar-refractivity contribution in [3.05, 3.63) is 12.2 Å². The fourth-order valence-corrected chi connectivity index (χ4v) is 4.28. The number of fused-ring (bicyclic) bond motifs is 1. The molecule has 5 amide bonds. The van der Waals surface area contributed by atoms with Crippen molar-refractivity contribution in [1.29, 1.82) is 0 Å². The summed E-state index contributed by atoms with van der Waals surface area (Å²) in [6.45, 7) is 1.30. The molecule has 0 radical (unpaired) electrons. The van der Waals surface area contributed by atoms with Gasteiger partial charge in [-0.25, -0.2) is 4.79 Å². The lowest BCUT2D eigenvalue weighted by atomic mass is 9.85. The number of hydrogen-bond donors (Lipinski definition) is 2. The summed E-state index contributed by atoms with van der Waals surface area (Å²) < 4.78 is 5.06. The molecule has 1 saturated carbocycles. The van der Waals surface area contributed by atoms with Crippen LogP contribution in [0.4, 0.5) is 4.79 Å². The fraction of sp³-hybridized carbons (Fsp3) is 0.667. The second kappa shape index (κ2) is 9.86. The molecule has 9 heteroatoms. The van der Waals surface area contributed by atoms with E-state index in [0.29, 0.717) is 12.8 Å². The summed E-state index contributed by atoms with van der Waals surface area (Å²) in [4.78, 5) is 62.0. The monoisotopic (exact) mass is 419 g/mol. The number of allylic oxidation sites excluding steroid dienone is 2. The van der Waals surface area contributed by atoms with Crippen LogP contribution in [0.3, 0.4) is 0 Å². The van der Waals surface area contributed by atoms with Gasteiger partial charge in [-0.2, -0.15) is 0 Å². The third-order valence-corrected chi connectivity index (χ3v) is 5.99. The normalized spacial score (nSPS) is 24.9. The summed E-state index contributed by atoms with van der Waals surface area (Å²) in [5.74, 6) is -2.63. The van der Waals surface area contributed by atoms with Crippen molar-refractivity contribution in [2.24, 2.45) is 11.8 Å². The summed E-state index contributed by atoms with van der Waals surface area (Å²) in [6, 6.07) is -0.543. The van der Waals surface area contributed by atoms with Crippen LogP contribution in [0.5, 0.6) is 0 Å². The number of urea groups is 1. The molecule has 1 heterocycles. The molecule has 1 aliphatic heterocycles. The van der Waals surface area contributed by atoms with Gasteiger partial charge in [-0.1, -0.05) is 31.4 Å². The summed E-state index contributed by atoms with van der Waals surface area (Å²) >= 11 is 0. The maximum absolute atomic E-state index is 12.4. The summed E-state index contributed by atoms with van der Waals surface area (Å²) in [5, 5.41) is 4.94. The molecule has 0 aromatic rings. The summed E-state index contributed by atoms with van der Waals surface area (Å²) in [7, 11) is 0. The van der Waals surface area contributed by atoms with Gasteiger partial charge >= 0.3 is 12.0 Å².